The molecule has 3 aromatic rings. The van der Waals surface area contributed by atoms with E-state index in [-0.39, 0.29) is 11.3 Å². The van der Waals surface area contributed by atoms with Crippen LogP contribution in [0.1, 0.15) is 26.3 Å². The Balaban J connectivity index is 1.65. The van der Waals surface area contributed by atoms with Gasteiger partial charge in [0.1, 0.15) is 11.5 Å². The van der Waals surface area contributed by atoms with Gasteiger partial charge in [0, 0.05) is 4.47 Å². The highest BCUT2D eigenvalue weighted by Gasteiger charge is 2.11. The second-order valence-electron chi connectivity index (χ2n) is 5.69. The average molecular weight is 439 g/mol. The molecular weight excluding hydrogens is 424 g/mol. The van der Waals surface area contributed by atoms with E-state index in [0.717, 1.165) is 0 Å². The van der Waals surface area contributed by atoms with E-state index in [4.69, 9.17) is 4.74 Å². The maximum Gasteiger partial charge on any atom is 0.343 e. The third kappa shape index (κ3) is 5.05. The number of hydrogen-bond donors (Lipinski definition) is 2. The number of aromatic hydroxyl groups is 1. The van der Waals surface area contributed by atoms with E-state index < -0.39 is 11.9 Å². The first-order chi connectivity index (χ1) is 13.5. The van der Waals surface area contributed by atoms with Crippen molar-refractivity contribution in [2.75, 3.05) is 0 Å². The largest absolute Gasteiger partial charge is 0.507 e. The smallest absolute Gasteiger partial charge is 0.343 e. The molecular formula is C21H15BrN2O4. The number of phenolic OH excluding ortho intramolecular Hbond substituents is 1. The number of hydrogen-bond acceptors (Lipinski definition) is 5. The van der Waals surface area contributed by atoms with Gasteiger partial charge < -0.3 is 9.84 Å². The lowest BCUT2D eigenvalue weighted by Gasteiger charge is -2.05. The van der Waals surface area contributed by atoms with E-state index in [1.54, 1.807) is 54.6 Å². The topological polar surface area (TPSA) is 88.0 Å². The number of benzene rings is 3. The molecule has 0 spiro atoms. The summed E-state index contributed by atoms with van der Waals surface area (Å²) in [6.45, 7) is 0. The molecule has 1 amide bonds. The van der Waals surface area contributed by atoms with Crippen LogP contribution in [0.25, 0.3) is 0 Å². The van der Waals surface area contributed by atoms with Crippen LogP contribution < -0.4 is 10.2 Å². The first-order valence-electron chi connectivity index (χ1n) is 8.22. The summed E-state index contributed by atoms with van der Waals surface area (Å²) in [6, 6.07) is 19.9. The lowest BCUT2D eigenvalue weighted by Crippen LogP contribution is -2.17. The van der Waals surface area contributed by atoms with Crippen molar-refractivity contribution in [1.82, 2.24) is 5.43 Å². The normalized spacial score (nSPS) is 10.6. The van der Waals surface area contributed by atoms with Crippen LogP contribution in [0.3, 0.4) is 0 Å². The standard InChI is InChI=1S/C21H15BrN2O4/c22-16-9-10-19(25)18(12-16)20(26)24-23-13-14-5-4-8-17(11-14)28-21(27)15-6-2-1-3-7-15/h1-13,25H,(H,24,26). The zero-order valence-corrected chi connectivity index (χ0v) is 16.1. The molecule has 7 heteroatoms. The summed E-state index contributed by atoms with van der Waals surface area (Å²) < 4.78 is 6.00. The molecule has 0 bridgehead atoms. The monoisotopic (exact) mass is 438 g/mol. The highest BCUT2D eigenvalue weighted by Crippen LogP contribution is 2.21. The van der Waals surface area contributed by atoms with Crippen LogP contribution in [0.4, 0.5) is 0 Å². The second kappa shape index (κ2) is 8.96. The molecule has 3 aromatic carbocycles. The third-order valence-electron chi connectivity index (χ3n) is 3.66. The zero-order chi connectivity index (χ0) is 19.9. The van der Waals surface area contributed by atoms with Gasteiger partial charge in [-0.25, -0.2) is 10.2 Å². The second-order valence-corrected chi connectivity index (χ2v) is 6.60. The van der Waals surface area contributed by atoms with Gasteiger partial charge in [0.05, 0.1) is 17.3 Å². The molecule has 0 aromatic heterocycles. The molecule has 0 saturated carbocycles. The fraction of sp³-hybridized carbons (Fsp3) is 0. The van der Waals surface area contributed by atoms with Crippen molar-refractivity contribution in [1.29, 1.82) is 0 Å². The molecule has 0 unspecified atom stereocenters. The number of nitrogens with one attached hydrogen (secondary N) is 1. The summed E-state index contributed by atoms with van der Waals surface area (Å²) >= 11 is 3.24. The molecule has 0 aliphatic carbocycles. The number of halogens is 1. The maximum atomic E-state index is 12.1. The molecule has 3 rings (SSSR count). The minimum absolute atomic E-state index is 0.0945. The number of hydrazone groups is 1. The summed E-state index contributed by atoms with van der Waals surface area (Å²) in [5, 5.41) is 13.6. The Hall–Kier alpha value is -3.45. The molecule has 0 atom stereocenters. The van der Waals surface area contributed by atoms with Gasteiger partial charge in [0.25, 0.3) is 5.91 Å². The highest BCUT2D eigenvalue weighted by atomic mass is 79.9. The Bertz CT molecular complexity index is 1040. The predicted molar refractivity (Wildman–Crippen MR) is 109 cm³/mol. The van der Waals surface area contributed by atoms with E-state index in [9.17, 15) is 14.7 Å². The van der Waals surface area contributed by atoms with Crippen LogP contribution in [0, 0.1) is 0 Å². The number of phenols is 1. The van der Waals surface area contributed by atoms with Crippen LogP contribution in [-0.4, -0.2) is 23.2 Å². The molecule has 140 valence electrons. The number of carbonyl (C=O) groups excluding carboxylic acids is 2. The van der Waals surface area contributed by atoms with Crippen molar-refractivity contribution in [3.63, 3.8) is 0 Å². The summed E-state index contributed by atoms with van der Waals surface area (Å²) in [5.74, 6) is -0.811. The van der Waals surface area contributed by atoms with E-state index in [2.05, 4.69) is 26.5 Å². The van der Waals surface area contributed by atoms with Crippen molar-refractivity contribution in [2.45, 2.75) is 0 Å². The van der Waals surface area contributed by atoms with Crippen LogP contribution in [0.15, 0.2) is 82.4 Å². The van der Waals surface area contributed by atoms with Gasteiger partial charge in [-0.1, -0.05) is 46.3 Å². The van der Waals surface area contributed by atoms with Gasteiger partial charge in [-0.3, -0.25) is 4.79 Å². The number of rotatable bonds is 5. The van der Waals surface area contributed by atoms with E-state index in [0.29, 0.717) is 21.3 Å². The van der Waals surface area contributed by atoms with Gasteiger partial charge in [-0.05, 0) is 48.0 Å². The summed E-state index contributed by atoms with van der Waals surface area (Å²) in [7, 11) is 0. The van der Waals surface area contributed by atoms with Crippen molar-refractivity contribution < 1.29 is 19.4 Å². The lowest BCUT2D eigenvalue weighted by molar-refractivity contribution is 0.0734. The predicted octanol–water partition coefficient (Wildman–Crippen LogP) is 4.14. The molecule has 0 saturated heterocycles. The van der Waals surface area contributed by atoms with Gasteiger partial charge in [0.15, 0.2) is 0 Å². The van der Waals surface area contributed by atoms with Gasteiger partial charge in [-0.15, -0.1) is 0 Å². The van der Waals surface area contributed by atoms with Gasteiger partial charge in [-0.2, -0.15) is 5.10 Å². The number of carbonyl (C=O) groups is 2. The fourth-order valence-corrected chi connectivity index (χ4v) is 2.68. The molecule has 0 heterocycles. The van der Waals surface area contributed by atoms with Crippen LogP contribution in [0.2, 0.25) is 0 Å². The number of ether oxygens (including phenoxy) is 1. The molecule has 0 radical (unpaired) electrons. The minimum Gasteiger partial charge on any atom is -0.507 e. The Labute approximate surface area is 169 Å². The van der Waals surface area contributed by atoms with Crippen molar-refractivity contribution in [3.05, 3.63) is 94.0 Å². The summed E-state index contributed by atoms with van der Waals surface area (Å²) in [4.78, 5) is 24.2. The van der Waals surface area contributed by atoms with Crippen LogP contribution >= 0.6 is 15.9 Å². The number of nitrogens with zero attached hydrogens (tertiary/aromatic N) is 1. The quantitative estimate of drug-likeness (QED) is 0.271. The average Bonchev–Trinajstić information content (AvgIpc) is 2.70. The highest BCUT2D eigenvalue weighted by molar-refractivity contribution is 9.10. The SMILES string of the molecule is O=C(Oc1cccc(C=NNC(=O)c2cc(Br)ccc2O)c1)c1ccccc1. The lowest BCUT2D eigenvalue weighted by atomic mass is 10.2. The molecule has 28 heavy (non-hydrogen) atoms. The van der Waals surface area contributed by atoms with Crippen molar-refractivity contribution in [2.24, 2.45) is 5.10 Å². The molecule has 2 N–H and O–H groups in total. The third-order valence-corrected chi connectivity index (χ3v) is 4.15. The van der Waals surface area contributed by atoms with Crippen LogP contribution in [-0.2, 0) is 0 Å². The molecule has 0 aliphatic heterocycles. The van der Waals surface area contributed by atoms with E-state index >= 15 is 0 Å². The fourth-order valence-electron chi connectivity index (χ4n) is 2.31. The Morgan fingerprint density at radius 2 is 1.79 bits per heavy atom. The number of esters is 1. The van der Waals surface area contributed by atoms with Gasteiger partial charge in [0.2, 0.25) is 0 Å². The Morgan fingerprint density at radius 1 is 1.00 bits per heavy atom. The Morgan fingerprint density at radius 3 is 2.57 bits per heavy atom. The van der Waals surface area contributed by atoms with Crippen molar-refractivity contribution in [3.8, 4) is 11.5 Å². The first-order valence-corrected chi connectivity index (χ1v) is 9.01. The van der Waals surface area contributed by atoms with E-state index in [1.165, 1.54) is 18.3 Å². The molecule has 0 fully saturated rings. The Kier molecular flexibility index (Phi) is 6.18. The number of amides is 1. The minimum atomic E-state index is -0.554. The zero-order valence-electron chi connectivity index (χ0n) is 14.5. The van der Waals surface area contributed by atoms with Crippen LogP contribution in [0.5, 0.6) is 11.5 Å². The summed E-state index contributed by atoms with van der Waals surface area (Å²) in [6.07, 6.45) is 1.41. The van der Waals surface area contributed by atoms with E-state index in [1.807, 2.05) is 6.07 Å². The summed E-state index contributed by atoms with van der Waals surface area (Å²) in [5.41, 5.74) is 3.51. The van der Waals surface area contributed by atoms with Crippen molar-refractivity contribution >= 4 is 34.0 Å². The maximum absolute atomic E-state index is 12.1. The molecule has 0 aliphatic rings. The first kappa shape index (κ1) is 19.3. The molecule has 6 nitrogen and oxygen atoms in total. The van der Waals surface area contributed by atoms with Gasteiger partial charge >= 0.3 is 5.97 Å².